The summed E-state index contributed by atoms with van der Waals surface area (Å²) in [5, 5.41) is 3.38. The molecule has 1 N–H and O–H groups in total. The van der Waals surface area contributed by atoms with Crippen molar-refractivity contribution in [1.29, 1.82) is 0 Å². The second kappa shape index (κ2) is 5.17. The molecule has 0 aliphatic heterocycles. The summed E-state index contributed by atoms with van der Waals surface area (Å²) in [6, 6.07) is 3.85. The molecule has 0 amide bonds. The minimum atomic E-state index is -0.140. The number of hydrogen-bond acceptors (Lipinski definition) is 2. The molecule has 1 unspecified atom stereocenters. The molecule has 0 aliphatic carbocycles. The fraction of sp³-hybridized carbons (Fsp3) is 0.545. The summed E-state index contributed by atoms with van der Waals surface area (Å²) in [7, 11) is 0. The average Bonchev–Trinajstić information content (AvgIpc) is 2.21. The highest BCUT2D eigenvalue weighted by Gasteiger charge is 2.27. The van der Waals surface area contributed by atoms with Crippen LogP contribution in [0.15, 0.2) is 22.8 Å². The lowest BCUT2D eigenvalue weighted by atomic mass is 9.90. The minimum absolute atomic E-state index is 0.140. The summed E-state index contributed by atoms with van der Waals surface area (Å²) < 4.78 is 0.960. The molecular formula is C11H16BrClN2. The van der Waals surface area contributed by atoms with Gasteiger partial charge in [0, 0.05) is 12.1 Å². The van der Waals surface area contributed by atoms with Gasteiger partial charge >= 0.3 is 0 Å². The van der Waals surface area contributed by atoms with Crippen LogP contribution in [0.5, 0.6) is 0 Å². The van der Waals surface area contributed by atoms with Crippen LogP contribution in [0.3, 0.4) is 0 Å². The molecule has 0 saturated heterocycles. The molecule has 0 radical (unpaired) electrons. The normalized spacial score (nSPS) is 15.1. The average molecular weight is 292 g/mol. The molecule has 1 aromatic heterocycles. The zero-order valence-electron chi connectivity index (χ0n) is 9.22. The molecule has 1 heterocycles. The van der Waals surface area contributed by atoms with Crippen molar-refractivity contribution in [2.45, 2.75) is 26.3 Å². The van der Waals surface area contributed by atoms with Crippen molar-refractivity contribution in [2.75, 3.05) is 11.2 Å². The second-order valence-corrected chi connectivity index (χ2v) is 5.29. The fourth-order valence-electron chi connectivity index (χ4n) is 1.08. The molecule has 0 bridgehead atoms. The predicted octanol–water partition coefficient (Wildman–Crippen LogP) is 3.91. The van der Waals surface area contributed by atoms with Crippen molar-refractivity contribution in [1.82, 2.24) is 4.98 Å². The number of halogens is 2. The lowest BCUT2D eigenvalue weighted by molar-refractivity contribution is 0.411. The Labute approximate surface area is 105 Å². The van der Waals surface area contributed by atoms with Gasteiger partial charge in [-0.25, -0.2) is 4.98 Å². The first kappa shape index (κ1) is 12.8. The van der Waals surface area contributed by atoms with Crippen molar-refractivity contribution >= 4 is 33.3 Å². The molecule has 0 saturated carbocycles. The maximum atomic E-state index is 6.00. The highest BCUT2D eigenvalue weighted by Crippen LogP contribution is 2.27. The number of aromatic nitrogens is 1. The third kappa shape index (κ3) is 3.08. The van der Waals surface area contributed by atoms with Gasteiger partial charge in [-0.2, -0.15) is 0 Å². The van der Waals surface area contributed by atoms with Gasteiger partial charge in [-0.15, -0.1) is 11.6 Å². The maximum absolute atomic E-state index is 6.00. The lowest BCUT2D eigenvalue weighted by Gasteiger charge is -2.33. The SMILES string of the molecule is CC(C)C(C)(CCl)Nc1ncccc1Br. The number of anilines is 1. The van der Waals surface area contributed by atoms with E-state index in [1.54, 1.807) is 6.20 Å². The van der Waals surface area contributed by atoms with E-state index in [-0.39, 0.29) is 5.54 Å². The maximum Gasteiger partial charge on any atom is 0.140 e. The quantitative estimate of drug-likeness (QED) is 0.851. The van der Waals surface area contributed by atoms with Gasteiger partial charge in [-0.1, -0.05) is 13.8 Å². The van der Waals surface area contributed by atoms with E-state index >= 15 is 0 Å². The van der Waals surface area contributed by atoms with Gasteiger partial charge in [-0.3, -0.25) is 0 Å². The third-order valence-corrected chi connectivity index (χ3v) is 3.91. The van der Waals surface area contributed by atoms with Gasteiger partial charge in [0.25, 0.3) is 0 Å². The van der Waals surface area contributed by atoms with Crippen LogP contribution in [0.2, 0.25) is 0 Å². The number of nitrogens with zero attached hydrogens (tertiary/aromatic N) is 1. The van der Waals surface area contributed by atoms with E-state index in [1.807, 2.05) is 12.1 Å². The highest BCUT2D eigenvalue weighted by molar-refractivity contribution is 9.10. The van der Waals surface area contributed by atoms with Crippen LogP contribution in [0.25, 0.3) is 0 Å². The summed E-state index contributed by atoms with van der Waals surface area (Å²) in [4.78, 5) is 4.28. The van der Waals surface area contributed by atoms with Crippen molar-refractivity contribution < 1.29 is 0 Å². The van der Waals surface area contributed by atoms with Gasteiger partial charge in [0.15, 0.2) is 0 Å². The molecule has 15 heavy (non-hydrogen) atoms. The van der Waals surface area contributed by atoms with Crippen LogP contribution < -0.4 is 5.32 Å². The first-order valence-electron chi connectivity index (χ1n) is 4.94. The Bertz CT molecular complexity index is 330. The zero-order valence-corrected chi connectivity index (χ0v) is 11.6. The molecule has 0 fully saturated rings. The van der Waals surface area contributed by atoms with E-state index in [1.165, 1.54) is 0 Å². The zero-order chi connectivity index (χ0) is 11.5. The smallest absolute Gasteiger partial charge is 0.140 e. The molecular weight excluding hydrogens is 275 g/mol. The predicted molar refractivity (Wildman–Crippen MR) is 69.5 cm³/mol. The largest absolute Gasteiger partial charge is 0.363 e. The number of hydrogen-bond donors (Lipinski definition) is 1. The Morgan fingerprint density at radius 2 is 2.27 bits per heavy atom. The molecule has 4 heteroatoms. The molecule has 1 aromatic rings. The van der Waals surface area contributed by atoms with Crippen LogP contribution in [0, 0.1) is 5.92 Å². The van der Waals surface area contributed by atoms with E-state index in [0.717, 1.165) is 10.3 Å². The van der Waals surface area contributed by atoms with Gasteiger partial charge < -0.3 is 5.32 Å². The van der Waals surface area contributed by atoms with Gasteiger partial charge in [-0.05, 0) is 40.9 Å². The Hall–Kier alpha value is -0.280. The Balaban J connectivity index is 2.89. The first-order chi connectivity index (χ1) is 6.99. The number of nitrogens with one attached hydrogen (secondary N) is 1. The third-order valence-electron chi connectivity index (χ3n) is 2.71. The van der Waals surface area contributed by atoms with Crippen molar-refractivity contribution in [2.24, 2.45) is 5.92 Å². The summed E-state index contributed by atoms with van der Waals surface area (Å²) in [6.45, 7) is 6.39. The number of rotatable bonds is 4. The topological polar surface area (TPSA) is 24.9 Å². The Morgan fingerprint density at radius 1 is 1.60 bits per heavy atom. The van der Waals surface area contributed by atoms with Crippen LogP contribution in [-0.4, -0.2) is 16.4 Å². The molecule has 84 valence electrons. The van der Waals surface area contributed by atoms with E-state index in [2.05, 4.69) is 47.0 Å². The number of pyridine rings is 1. The van der Waals surface area contributed by atoms with Gasteiger partial charge in [0.05, 0.1) is 10.0 Å². The van der Waals surface area contributed by atoms with Crippen molar-refractivity contribution in [3.63, 3.8) is 0 Å². The molecule has 0 spiro atoms. The highest BCUT2D eigenvalue weighted by atomic mass is 79.9. The van der Waals surface area contributed by atoms with Crippen LogP contribution in [0.1, 0.15) is 20.8 Å². The summed E-state index contributed by atoms with van der Waals surface area (Å²) >= 11 is 9.46. The van der Waals surface area contributed by atoms with E-state index in [9.17, 15) is 0 Å². The number of alkyl halides is 1. The van der Waals surface area contributed by atoms with Gasteiger partial charge in [0.1, 0.15) is 5.82 Å². The first-order valence-corrected chi connectivity index (χ1v) is 6.27. The van der Waals surface area contributed by atoms with E-state index < -0.39 is 0 Å². The van der Waals surface area contributed by atoms with Crippen molar-refractivity contribution in [3.8, 4) is 0 Å². The van der Waals surface area contributed by atoms with Gasteiger partial charge in [0.2, 0.25) is 0 Å². The minimum Gasteiger partial charge on any atom is -0.363 e. The van der Waals surface area contributed by atoms with E-state index in [0.29, 0.717) is 11.8 Å². The Kier molecular flexibility index (Phi) is 4.41. The fourth-order valence-corrected chi connectivity index (χ4v) is 1.81. The molecule has 0 aromatic carbocycles. The second-order valence-electron chi connectivity index (χ2n) is 4.16. The molecule has 0 aliphatic rings. The summed E-state index contributed by atoms with van der Waals surface area (Å²) in [5.41, 5.74) is -0.140. The van der Waals surface area contributed by atoms with Crippen molar-refractivity contribution in [3.05, 3.63) is 22.8 Å². The van der Waals surface area contributed by atoms with Crippen LogP contribution in [-0.2, 0) is 0 Å². The van der Waals surface area contributed by atoms with Crippen LogP contribution in [0.4, 0.5) is 5.82 Å². The molecule has 1 atom stereocenters. The molecule has 1 rings (SSSR count). The lowest BCUT2D eigenvalue weighted by Crippen LogP contribution is -2.42. The standard InChI is InChI=1S/C11H16BrClN2/c1-8(2)11(3,7-13)15-10-9(12)5-4-6-14-10/h4-6,8H,7H2,1-3H3,(H,14,15). The summed E-state index contributed by atoms with van der Waals surface area (Å²) in [6.07, 6.45) is 1.77. The monoisotopic (exact) mass is 290 g/mol. The van der Waals surface area contributed by atoms with Crippen LogP contribution >= 0.6 is 27.5 Å². The van der Waals surface area contributed by atoms with E-state index in [4.69, 9.17) is 11.6 Å². The summed E-state index contributed by atoms with van der Waals surface area (Å²) in [5.74, 6) is 1.83. The molecule has 2 nitrogen and oxygen atoms in total. The Morgan fingerprint density at radius 3 is 2.73 bits per heavy atom.